The molecule has 0 spiro atoms. The number of aromatic nitrogens is 15. The van der Waals surface area contributed by atoms with E-state index in [2.05, 4.69) is 79.7 Å². The van der Waals surface area contributed by atoms with E-state index in [9.17, 15) is 13.2 Å². The molecule has 21 nitrogen and oxygen atoms in total. The van der Waals surface area contributed by atoms with Crippen molar-refractivity contribution in [2.45, 2.75) is 58.2 Å². The lowest BCUT2D eigenvalue weighted by atomic mass is 9.99. The highest BCUT2D eigenvalue weighted by molar-refractivity contribution is 14.1. The van der Waals surface area contributed by atoms with Gasteiger partial charge < -0.3 is 28.9 Å². The summed E-state index contributed by atoms with van der Waals surface area (Å²) >= 11 is 1.89. The molecule has 0 saturated heterocycles. The van der Waals surface area contributed by atoms with E-state index in [0.717, 1.165) is 39.5 Å². The van der Waals surface area contributed by atoms with Crippen molar-refractivity contribution >= 4 is 39.9 Å². The zero-order valence-corrected chi connectivity index (χ0v) is 45.7. The highest BCUT2D eigenvalue weighted by Gasteiger charge is 2.31. The minimum absolute atomic E-state index is 0.00371. The summed E-state index contributed by atoms with van der Waals surface area (Å²) in [7, 11) is 4.51. The maximum absolute atomic E-state index is 14.2. The molecule has 0 bridgehead atoms. The molecule has 12 heterocycles. The third kappa shape index (κ3) is 11.8. The van der Waals surface area contributed by atoms with Crippen molar-refractivity contribution in [2.75, 3.05) is 55.7 Å². The second-order valence-electron chi connectivity index (χ2n) is 18.0. The van der Waals surface area contributed by atoms with Crippen LogP contribution in [0.5, 0.6) is 17.4 Å². The van der Waals surface area contributed by atoms with Gasteiger partial charge in [-0.15, -0.1) is 0 Å². The molecule has 3 aliphatic heterocycles. The quantitative estimate of drug-likeness (QED) is 0.0975. The number of methoxy groups -OCH3 is 3. The molecule has 9 aromatic rings. The van der Waals surface area contributed by atoms with Gasteiger partial charge in [0.15, 0.2) is 34.9 Å². The highest BCUT2D eigenvalue weighted by atomic mass is 127. The minimum Gasteiger partial charge on any atom is -0.496 e. The Labute approximate surface area is 465 Å². The van der Waals surface area contributed by atoms with Crippen LogP contribution in [-0.2, 0) is 19.3 Å². The molecule has 0 fully saturated rings. The van der Waals surface area contributed by atoms with Crippen molar-refractivity contribution in [3.05, 3.63) is 159 Å². The summed E-state index contributed by atoms with van der Waals surface area (Å²) in [4.78, 5) is 70.3. The van der Waals surface area contributed by atoms with E-state index in [1.807, 2.05) is 53.2 Å². The van der Waals surface area contributed by atoms with Gasteiger partial charge in [-0.05, 0) is 61.6 Å². The lowest BCUT2D eigenvalue weighted by molar-refractivity contribution is 0.387. The van der Waals surface area contributed by atoms with Gasteiger partial charge in [-0.2, -0.15) is 18.2 Å². The van der Waals surface area contributed by atoms with Crippen molar-refractivity contribution in [2.24, 2.45) is 0 Å². The number of nitrogens with zero attached hydrogens (tertiary/aromatic N) is 18. The third-order valence-corrected chi connectivity index (χ3v) is 14.5. The van der Waals surface area contributed by atoms with E-state index in [4.69, 9.17) is 14.2 Å². The van der Waals surface area contributed by atoms with Crippen LogP contribution in [0.2, 0.25) is 0 Å². The van der Waals surface area contributed by atoms with Crippen LogP contribution in [0, 0.1) is 21.4 Å². The standard InChI is InChI=1S/C18H16FIN6O.2C18H17FN6O/c1-10-11-9-23-18(17-21-5-3-6-22-17)24-12(11)4-7-26(10)14-8-13(27-2)15(20)16(19)25-14;1-11-13-10-22-18(17-20-5-3-6-21-17)23-14(13)4-7-25(11)16-9-12(26-2)8-15(19)24-16;1-11-13-10-22-18(17-20-5-3-6-21-17)23-14(13)4-7-25(11)12-8-15(19)24-16(9-12)26-2/h3,5-6,8-10H,4,7H2,1-2H3;2*3,5-6,8-11H,4,7H2,1-2H3. The summed E-state index contributed by atoms with van der Waals surface area (Å²) in [6, 6.07) is 13.1. The molecule has 3 unspecified atom stereocenters. The van der Waals surface area contributed by atoms with Gasteiger partial charge in [-0.1, -0.05) is 0 Å². The number of pyridine rings is 3. The Balaban J connectivity index is 0.000000134. The van der Waals surface area contributed by atoms with Crippen LogP contribution in [0.25, 0.3) is 34.9 Å². The molecule has 12 rings (SSSR count). The topological polar surface area (TPSA) is 231 Å². The van der Waals surface area contributed by atoms with Crippen molar-refractivity contribution in [3.63, 3.8) is 0 Å². The number of hydrogen-bond acceptors (Lipinski definition) is 21. The first-order chi connectivity index (χ1) is 38.4. The molecule has 0 amide bonds. The van der Waals surface area contributed by atoms with Gasteiger partial charge in [0.2, 0.25) is 23.7 Å². The average Bonchev–Trinajstić information content (AvgIpc) is 3.59. The summed E-state index contributed by atoms with van der Waals surface area (Å²) in [5.41, 5.74) is 6.58. The lowest BCUT2D eigenvalue weighted by Gasteiger charge is -2.36. The smallest absolute Gasteiger partial charge is 0.232 e. The SMILES string of the molecule is COc1cc(F)nc(N2CCc3nc(-c4ncccn4)ncc3C2C)c1.COc1cc(N2CCc3nc(-c4ncccn4)ncc3C2C)cc(F)n1.COc1cc(N2CCc3nc(-c4ncccn4)ncc3C2C)nc(F)c1I. The molecule has 25 heteroatoms. The van der Waals surface area contributed by atoms with Gasteiger partial charge in [-0.3, -0.25) is 0 Å². The summed E-state index contributed by atoms with van der Waals surface area (Å²) in [5.74, 6) is 3.63. The summed E-state index contributed by atoms with van der Waals surface area (Å²) < 4.78 is 57.6. The van der Waals surface area contributed by atoms with Crippen LogP contribution in [0.1, 0.15) is 72.7 Å². The van der Waals surface area contributed by atoms with Gasteiger partial charge in [0.05, 0.1) is 56.5 Å². The fourth-order valence-electron chi connectivity index (χ4n) is 9.45. The van der Waals surface area contributed by atoms with E-state index in [0.29, 0.717) is 101 Å². The van der Waals surface area contributed by atoms with E-state index < -0.39 is 17.8 Å². The zero-order valence-electron chi connectivity index (χ0n) is 43.6. The third-order valence-electron chi connectivity index (χ3n) is 13.5. The first-order valence-electron chi connectivity index (χ1n) is 24.9. The fourth-order valence-corrected chi connectivity index (χ4v) is 9.95. The number of fused-ring (bicyclic) bond motifs is 3. The molecule has 3 atom stereocenters. The second kappa shape index (κ2) is 23.9. The van der Waals surface area contributed by atoms with Crippen LogP contribution in [-0.4, -0.2) is 116 Å². The normalized spacial score (nSPS) is 16.2. The number of rotatable bonds is 9. The molecular formula is C54H50F3IN18O3. The molecule has 0 saturated carbocycles. The van der Waals surface area contributed by atoms with E-state index in [1.165, 1.54) is 33.5 Å². The Morgan fingerprint density at radius 3 is 1.33 bits per heavy atom. The lowest BCUT2D eigenvalue weighted by Crippen LogP contribution is -2.35. The summed E-state index contributed by atoms with van der Waals surface area (Å²) in [5, 5.41) is 0. The maximum Gasteiger partial charge on any atom is 0.232 e. The predicted molar refractivity (Wildman–Crippen MR) is 293 cm³/mol. The van der Waals surface area contributed by atoms with Crippen LogP contribution in [0.4, 0.5) is 30.5 Å². The Bertz CT molecular complexity index is 3450. The van der Waals surface area contributed by atoms with Gasteiger partial charge in [0, 0.05) is 147 Å². The first-order valence-corrected chi connectivity index (χ1v) is 26.0. The summed E-state index contributed by atoms with van der Waals surface area (Å²) in [6.45, 7) is 8.14. The molecule has 402 valence electrons. The van der Waals surface area contributed by atoms with Crippen molar-refractivity contribution < 1.29 is 27.4 Å². The monoisotopic (exact) mass is 1180 g/mol. The number of ether oxygens (including phenoxy) is 3. The van der Waals surface area contributed by atoms with Crippen molar-refractivity contribution in [1.82, 2.24) is 74.8 Å². The van der Waals surface area contributed by atoms with Gasteiger partial charge in [0.25, 0.3) is 0 Å². The Hall–Kier alpha value is -8.75. The fraction of sp³-hybridized carbons (Fsp3) is 0.278. The van der Waals surface area contributed by atoms with Crippen LogP contribution in [0.3, 0.4) is 0 Å². The van der Waals surface area contributed by atoms with E-state index in [-0.39, 0.29) is 24.0 Å². The van der Waals surface area contributed by atoms with Crippen LogP contribution >= 0.6 is 22.6 Å². The van der Waals surface area contributed by atoms with E-state index in [1.54, 1.807) is 92.2 Å². The van der Waals surface area contributed by atoms with Crippen LogP contribution in [0.15, 0.2) is 104 Å². The Morgan fingerprint density at radius 2 is 0.886 bits per heavy atom. The second-order valence-corrected chi connectivity index (χ2v) is 19.1. The van der Waals surface area contributed by atoms with Gasteiger partial charge in [-0.25, -0.2) is 69.8 Å². The molecule has 0 aromatic carbocycles. The van der Waals surface area contributed by atoms with Crippen molar-refractivity contribution in [1.29, 1.82) is 0 Å². The first kappa shape index (κ1) is 53.6. The maximum atomic E-state index is 14.2. The molecule has 0 radical (unpaired) electrons. The molecule has 0 aliphatic carbocycles. The number of halogens is 4. The highest BCUT2D eigenvalue weighted by Crippen LogP contribution is 2.38. The predicted octanol–water partition coefficient (Wildman–Crippen LogP) is 8.40. The molecule has 79 heavy (non-hydrogen) atoms. The number of anilines is 3. The largest absolute Gasteiger partial charge is 0.496 e. The van der Waals surface area contributed by atoms with Gasteiger partial charge >= 0.3 is 0 Å². The minimum atomic E-state index is -0.565. The molecule has 9 aromatic heterocycles. The molecule has 3 aliphatic rings. The van der Waals surface area contributed by atoms with E-state index >= 15 is 0 Å². The molecule has 0 N–H and O–H groups in total. The van der Waals surface area contributed by atoms with Gasteiger partial charge in [0.1, 0.15) is 26.7 Å². The van der Waals surface area contributed by atoms with Crippen LogP contribution < -0.4 is 28.9 Å². The summed E-state index contributed by atoms with van der Waals surface area (Å²) in [6.07, 6.45) is 17.5. The number of hydrogen-bond donors (Lipinski definition) is 0. The molecular weight excluding hydrogens is 1130 g/mol. The Morgan fingerprint density at radius 1 is 0.456 bits per heavy atom. The average molecular weight is 1180 g/mol. The Kier molecular flexibility index (Phi) is 16.2. The van der Waals surface area contributed by atoms with Crippen molar-refractivity contribution in [3.8, 4) is 52.3 Å². The zero-order chi connectivity index (χ0) is 55.2.